The Bertz CT molecular complexity index is 1190. The lowest BCUT2D eigenvalue weighted by Crippen LogP contribution is -2.22. The molecule has 7 nitrogen and oxygen atoms in total. The first-order chi connectivity index (χ1) is 12.6. The fourth-order valence-corrected chi connectivity index (χ4v) is 3.73. The standard InChI is InChI=1S/C18H15N5O2S/c19-14-9-16(24)22-15(21-14)6-7-23-10-20-17-12(18(23)25)8-13(26-17)11-4-2-1-3-5-11/h1-5,8-10H,6-7H2,(H3,19,21,22,24). The van der Waals surface area contributed by atoms with Gasteiger partial charge < -0.3 is 10.7 Å². The van der Waals surface area contributed by atoms with E-state index in [0.29, 0.717) is 29.0 Å². The van der Waals surface area contributed by atoms with Crippen LogP contribution in [0.15, 0.2) is 58.4 Å². The highest BCUT2D eigenvalue weighted by Gasteiger charge is 2.10. The summed E-state index contributed by atoms with van der Waals surface area (Å²) in [4.78, 5) is 37.0. The first kappa shape index (κ1) is 16.2. The second-order valence-electron chi connectivity index (χ2n) is 5.81. The van der Waals surface area contributed by atoms with Gasteiger partial charge in [0.05, 0.1) is 11.7 Å². The molecule has 1 aromatic carbocycles. The molecule has 3 heterocycles. The monoisotopic (exact) mass is 365 g/mol. The number of nitrogens with one attached hydrogen (secondary N) is 1. The van der Waals surface area contributed by atoms with Crippen LogP contribution in [-0.4, -0.2) is 19.5 Å². The van der Waals surface area contributed by atoms with E-state index in [4.69, 9.17) is 5.73 Å². The normalized spacial score (nSPS) is 11.1. The van der Waals surface area contributed by atoms with E-state index in [1.54, 1.807) is 0 Å². The van der Waals surface area contributed by atoms with Crippen LogP contribution in [0.3, 0.4) is 0 Å². The van der Waals surface area contributed by atoms with Crippen LogP contribution in [0.5, 0.6) is 0 Å². The number of aromatic amines is 1. The van der Waals surface area contributed by atoms with E-state index in [0.717, 1.165) is 10.4 Å². The topological polar surface area (TPSA) is 107 Å². The van der Waals surface area contributed by atoms with E-state index in [2.05, 4.69) is 15.0 Å². The second-order valence-corrected chi connectivity index (χ2v) is 6.84. The molecule has 0 atom stereocenters. The van der Waals surface area contributed by atoms with Gasteiger partial charge in [0, 0.05) is 23.9 Å². The van der Waals surface area contributed by atoms with Crippen molar-refractivity contribution in [1.82, 2.24) is 19.5 Å². The summed E-state index contributed by atoms with van der Waals surface area (Å²) in [5, 5.41) is 0.588. The van der Waals surface area contributed by atoms with Crippen molar-refractivity contribution in [3.8, 4) is 10.4 Å². The predicted molar refractivity (Wildman–Crippen MR) is 102 cm³/mol. The number of aromatic nitrogens is 4. The summed E-state index contributed by atoms with van der Waals surface area (Å²) in [6.07, 6.45) is 1.91. The molecular formula is C18H15N5O2S. The lowest BCUT2D eigenvalue weighted by atomic mass is 10.2. The number of hydrogen-bond donors (Lipinski definition) is 2. The Morgan fingerprint density at radius 1 is 1.15 bits per heavy atom. The number of nitrogens with two attached hydrogens (primary N) is 1. The first-order valence-corrected chi connectivity index (χ1v) is 8.82. The summed E-state index contributed by atoms with van der Waals surface area (Å²) in [6.45, 7) is 0.352. The van der Waals surface area contributed by atoms with Gasteiger partial charge >= 0.3 is 0 Å². The van der Waals surface area contributed by atoms with E-state index in [1.807, 2.05) is 36.4 Å². The van der Waals surface area contributed by atoms with Crippen LogP contribution in [-0.2, 0) is 13.0 Å². The van der Waals surface area contributed by atoms with Crippen molar-refractivity contribution in [3.05, 3.63) is 75.3 Å². The SMILES string of the molecule is Nc1cc(=O)[nH]c(CCn2cnc3sc(-c4ccccc4)cc3c2=O)n1. The molecule has 0 bridgehead atoms. The lowest BCUT2D eigenvalue weighted by molar-refractivity contribution is 0.642. The molecule has 0 aliphatic carbocycles. The van der Waals surface area contributed by atoms with Crippen molar-refractivity contribution in [2.75, 3.05) is 5.73 Å². The number of fused-ring (bicyclic) bond motifs is 1. The number of hydrogen-bond acceptors (Lipinski definition) is 6. The average molecular weight is 365 g/mol. The summed E-state index contributed by atoms with van der Waals surface area (Å²) in [5.74, 6) is 0.604. The van der Waals surface area contributed by atoms with Crippen LogP contribution in [0.25, 0.3) is 20.7 Å². The van der Waals surface area contributed by atoms with Crippen LogP contribution >= 0.6 is 11.3 Å². The maximum Gasteiger partial charge on any atom is 0.262 e. The molecule has 0 amide bonds. The van der Waals surface area contributed by atoms with Crippen molar-refractivity contribution in [1.29, 1.82) is 0 Å². The van der Waals surface area contributed by atoms with Crippen molar-refractivity contribution in [2.45, 2.75) is 13.0 Å². The van der Waals surface area contributed by atoms with Gasteiger partial charge in [-0.05, 0) is 11.6 Å². The molecule has 0 fully saturated rings. The number of aryl methyl sites for hydroxylation is 2. The van der Waals surface area contributed by atoms with Crippen LogP contribution in [0.4, 0.5) is 5.82 Å². The van der Waals surface area contributed by atoms with Crippen LogP contribution in [0.2, 0.25) is 0 Å². The average Bonchev–Trinajstić information content (AvgIpc) is 3.06. The van der Waals surface area contributed by atoms with Gasteiger partial charge in [-0.25, -0.2) is 9.97 Å². The lowest BCUT2D eigenvalue weighted by Gasteiger charge is -2.05. The van der Waals surface area contributed by atoms with E-state index in [9.17, 15) is 9.59 Å². The highest BCUT2D eigenvalue weighted by atomic mass is 32.1. The highest BCUT2D eigenvalue weighted by molar-refractivity contribution is 7.21. The number of nitrogens with zero attached hydrogens (tertiary/aromatic N) is 3. The Morgan fingerprint density at radius 2 is 1.96 bits per heavy atom. The van der Waals surface area contributed by atoms with Gasteiger partial charge in [0.1, 0.15) is 16.5 Å². The van der Waals surface area contributed by atoms with Crippen molar-refractivity contribution in [2.24, 2.45) is 0 Å². The van der Waals surface area contributed by atoms with Crippen LogP contribution < -0.4 is 16.9 Å². The molecule has 0 spiro atoms. The number of thiophene rings is 1. The largest absolute Gasteiger partial charge is 0.383 e. The van der Waals surface area contributed by atoms with Gasteiger partial charge in [0.15, 0.2) is 0 Å². The minimum Gasteiger partial charge on any atom is -0.383 e. The zero-order chi connectivity index (χ0) is 18.1. The fraction of sp³-hybridized carbons (Fsp3) is 0.111. The summed E-state index contributed by atoms with van der Waals surface area (Å²) in [5.41, 5.74) is 6.22. The number of anilines is 1. The number of H-pyrrole nitrogens is 1. The van der Waals surface area contributed by atoms with Crippen LogP contribution in [0, 0.1) is 0 Å². The summed E-state index contributed by atoms with van der Waals surface area (Å²) in [6, 6.07) is 13.0. The first-order valence-electron chi connectivity index (χ1n) is 8.00. The Labute approximate surface area is 151 Å². The summed E-state index contributed by atoms with van der Waals surface area (Å²) < 4.78 is 1.52. The predicted octanol–water partition coefficient (Wildman–Crippen LogP) is 2.03. The molecule has 0 aliphatic rings. The van der Waals surface area contributed by atoms with E-state index in [-0.39, 0.29) is 16.9 Å². The van der Waals surface area contributed by atoms with E-state index >= 15 is 0 Å². The molecule has 4 aromatic rings. The summed E-state index contributed by atoms with van der Waals surface area (Å²) in [7, 11) is 0. The maximum atomic E-state index is 12.7. The zero-order valence-corrected chi connectivity index (χ0v) is 14.5. The number of nitrogen functional groups attached to an aromatic ring is 1. The van der Waals surface area contributed by atoms with E-state index in [1.165, 1.54) is 28.3 Å². The quantitative estimate of drug-likeness (QED) is 0.575. The van der Waals surface area contributed by atoms with Crippen molar-refractivity contribution in [3.63, 3.8) is 0 Å². The molecule has 4 rings (SSSR count). The third-order valence-corrected chi connectivity index (χ3v) is 5.07. The minimum absolute atomic E-state index is 0.111. The molecule has 0 saturated carbocycles. The maximum absolute atomic E-state index is 12.7. The smallest absolute Gasteiger partial charge is 0.262 e. The van der Waals surface area contributed by atoms with Crippen molar-refractivity contribution >= 4 is 27.4 Å². The van der Waals surface area contributed by atoms with Gasteiger partial charge in [-0.1, -0.05) is 30.3 Å². The Balaban J connectivity index is 1.65. The second kappa shape index (κ2) is 6.57. The van der Waals surface area contributed by atoms with Gasteiger partial charge in [-0.3, -0.25) is 14.2 Å². The molecule has 0 unspecified atom stereocenters. The Kier molecular flexibility index (Phi) is 4.10. The van der Waals surface area contributed by atoms with Gasteiger partial charge in [-0.2, -0.15) is 0 Å². The molecule has 0 aliphatic heterocycles. The molecule has 0 saturated heterocycles. The molecule has 3 aromatic heterocycles. The highest BCUT2D eigenvalue weighted by Crippen LogP contribution is 2.30. The number of benzene rings is 1. The Morgan fingerprint density at radius 3 is 2.73 bits per heavy atom. The fourth-order valence-electron chi connectivity index (χ4n) is 2.74. The van der Waals surface area contributed by atoms with Crippen molar-refractivity contribution < 1.29 is 0 Å². The zero-order valence-electron chi connectivity index (χ0n) is 13.7. The molecule has 0 radical (unpaired) electrons. The van der Waals surface area contributed by atoms with E-state index < -0.39 is 0 Å². The third-order valence-electron chi connectivity index (χ3n) is 3.98. The molecule has 130 valence electrons. The third kappa shape index (κ3) is 3.14. The molecule has 26 heavy (non-hydrogen) atoms. The Hall–Kier alpha value is -3.26. The van der Waals surface area contributed by atoms with Crippen LogP contribution in [0.1, 0.15) is 5.82 Å². The van der Waals surface area contributed by atoms with Gasteiger partial charge in [-0.15, -0.1) is 11.3 Å². The van der Waals surface area contributed by atoms with Gasteiger partial charge in [0.25, 0.3) is 11.1 Å². The minimum atomic E-state index is -0.307. The molecular weight excluding hydrogens is 350 g/mol. The molecule has 3 N–H and O–H groups in total. The molecule has 8 heteroatoms. The van der Waals surface area contributed by atoms with Gasteiger partial charge in [0.2, 0.25) is 0 Å². The number of rotatable bonds is 4. The summed E-state index contributed by atoms with van der Waals surface area (Å²) >= 11 is 1.49.